The standard InChI is InChI=1S/C13H12ClF3N4O2.C8H8F3NO/c1-18-7-3-8(14)12(9(4-7)23-13(15,16)17)22-11-5-10(19-2)20-6-21-11;1-3-7(12-5-13)4-6(2)8(9,10)11/h3-6,18H,1-2H3,(H,19,20,21);3-5H,1-2H2,(H,12,13)/b;7-4+. The molecule has 0 fully saturated rings. The van der Waals surface area contributed by atoms with E-state index >= 15 is 0 Å². The van der Waals surface area contributed by atoms with Crippen molar-refractivity contribution < 1.29 is 40.6 Å². The smallest absolute Gasteiger partial charge is 0.433 e. The Morgan fingerprint density at radius 2 is 1.75 bits per heavy atom. The second-order valence-electron chi connectivity index (χ2n) is 6.27. The van der Waals surface area contributed by atoms with Crippen molar-refractivity contribution in [3.05, 3.63) is 66.1 Å². The van der Waals surface area contributed by atoms with E-state index in [1.807, 2.05) is 5.32 Å². The van der Waals surface area contributed by atoms with Gasteiger partial charge in [0, 0.05) is 37.6 Å². The first kappa shape index (κ1) is 30.1. The number of ether oxygens (including phenoxy) is 2. The van der Waals surface area contributed by atoms with Crippen LogP contribution in [0.5, 0.6) is 17.4 Å². The van der Waals surface area contributed by atoms with E-state index in [2.05, 4.69) is 38.5 Å². The second-order valence-corrected chi connectivity index (χ2v) is 6.67. The Bertz CT molecular complexity index is 1110. The van der Waals surface area contributed by atoms with Gasteiger partial charge in [-0.2, -0.15) is 13.2 Å². The first-order chi connectivity index (χ1) is 16.7. The van der Waals surface area contributed by atoms with Gasteiger partial charge in [0.15, 0.2) is 11.5 Å². The molecule has 8 nitrogen and oxygen atoms in total. The summed E-state index contributed by atoms with van der Waals surface area (Å²) in [5.74, 6) is -0.450. The normalized spacial score (nSPS) is 11.4. The number of carbonyl (C=O) groups is 1. The molecule has 0 radical (unpaired) electrons. The number of hydrogen-bond acceptors (Lipinski definition) is 7. The fourth-order valence-corrected chi connectivity index (χ4v) is 2.40. The molecule has 0 atom stereocenters. The molecule has 1 aromatic carbocycles. The molecule has 0 bridgehead atoms. The number of amides is 1. The minimum atomic E-state index is -4.89. The van der Waals surface area contributed by atoms with Gasteiger partial charge in [-0.15, -0.1) is 13.2 Å². The van der Waals surface area contributed by atoms with Crippen molar-refractivity contribution in [2.45, 2.75) is 12.5 Å². The molecule has 2 rings (SSSR count). The molecule has 1 aromatic heterocycles. The molecule has 196 valence electrons. The van der Waals surface area contributed by atoms with Gasteiger partial charge in [-0.05, 0) is 18.2 Å². The summed E-state index contributed by atoms with van der Waals surface area (Å²) in [5, 5.41) is 7.40. The van der Waals surface area contributed by atoms with Gasteiger partial charge in [0.2, 0.25) is 12.3 Å². The molecule has 3 N–H and O–H groups in total. The quantitative estimate of drug-likeness (QED) is 0.210. The zero-order valence-corrected chi connectivity index (χ0v) is 19.5. The van der Waals surface area contributed by atoms with Gasteiger partial charge < -0.3 is 25.4 Å². The van der Waals surface area contributed by atoms with Crippen LogP contribution in [0, 0.1) is 0 Å². The molecule has 0 aliphatic rings. The van der Waals surface area contributed by atoms with Crippen LogP contribution in [0.4, 0.5) is 37.8 Å². The third-order valence-electron chi connectivity index (χ3n) is 3.77. The monoisotopic (exact) mass is 539 g/mol. The maximum absolute atomic E-state index is 12.6. The Balaban J connectivity index is 0.000000426. The Morgan fingerprint density at radius 1 is 1.08 bits per heavy atom. The van der Waals surface area contributed by atoms with Gasteiger partial charge in [0.1, 0.15) is 12.1 Å². The fourth-order valence-electron chi connectivity index (χ4n) is 2.15. The van der Waals surface area contributed by atoms with Crippen LogP contribution < -0.4 is 25.4 Å². The number of nitrogens with one attached hydrogen (secondary N) is 3. The van der Waals surface area contributed by atoms with Crippen LogP contribution in [0.25, 0.3) is 0 Å². The number of alkyl halides is 6. The highest BCUT2D eigenvalue weighted by molar-refractivity contribution is 6.32. The first-order valence-electron chi connectivity index (χ1n) is 9.49. The summed E-state index contributed by atoms with van der Waals surface area (Å²) < 4.78 is 82.7. The van der Waals surface area contributed by atoms with Gasteiger partial charge in [-0.1, -0.05) is 24.8 Å². The lowest BCUT2D eigenvalue weighted by Gasteiger charge is -2.16. The number of halogens is 7. The lowest BCUT2D eigenvalue weighted by atomic mass is 10.2. The molecule has 0 aliphatic heterocycles. The number of hydrogen-bond donors (Lipinski definition) is 3. The van der Waals surface area contributed by atoms with Crippen LogP contribution in [-0.2, 0) is 4.79 Å². The van der Waals surface area contributed by atoms with Crippen molar-refractivity contribution in [3.63, 3.8) is 0 Å². The van der Waals surface area contributed by atoms with E-state index < -0.39 is 23.9 Å². The summed E-state index contributed by atoms with van der Waals surface area (Å²) in [7, 11) is 3.16. The van der Waals surface area contributed by atoms with Gasteiger partial charge in [-0.3, -0.25) is 4.79 Å². The SMILES string of the molecule is C=C/C(=C\C(=C)C(F)(F)F)NC=O.CNc1cc(Cl)c(Oc2cc(NC)ncn2)c(OC(F)(F)F)c1. The highest BCUT2D eigenvalue weighted by Crippen LogP contribution is 2.42. The molecular weight excluding hydrogens is 520 g/mol. The fraction of sp³-hybridized carbons (Fsp3) is 0.190. The van der Waals surface area contributed by atoms with Crippen LogP contribution in [-0.4, -0.2) is 43.0 Å². The van der Waals surface area contributed by atoms with Crippen molar-refractivity contribution in [2.75, 3.05) is 24.7 Å². The highest BCUT2D eigenvalue weighted by Gasteiger charge is 2.33. The zero-order chi connectivity index (χ0) is 27.5. The third-order valence-corrected chi connectivity index (χ3v) is 4.05. The zero-order valence-electron chi connectivity index (χ0n) is 18.7. The first-order valence-corrected chi connectivity index (χ1v) is 9.87. The summed E-state index contributed by atoms with van der Waals surface area (Å²) in [4.78, 5) is 17.6. The molecule has 1 heterocycles. The number of rotatable bonds is 9. The minimum absolute atomic E-state index is 0.00971. The summed E-state index contributed by atoms with van der Waals surface area (Å²) >= 11 is 5.99. The molecular formula is C21H20ClF6N5O3. The lowest BCUT2D eigenvalue weighted by molar-refractivity contribution is -0.275. The van der Waals surface area contributed by atoms with E-state index in [-0.39, 0.29) is 28.8 Å². The lowest BCUT2D eigenvalue weighted by Crippen LogP contribution is -2.17. The van der Waals surface area contributed by atoms with Crippen molar-refractivity contribution in [3.8, 4) is 17.4 Å². The molecule has 0 saturated carbocycles. The largest absolute Gasteiger partial charge is 0.573 e. The number of benzene rings is 1. The Morgan fingerprint density at radius 3 is 2.25 bits per heavy atom. The van der Waals surface area contributed by atoms with E-state index in [0.717, 1.165) is 12.1 Å². The van der Waals surface area contributed by atoms with Gasteiger partial charge in [0.25, 0.3) is 0 Å². The van der Waals surface area contributed by atoms with Crippen LogP contribution in [0.2, 0.25) is 5.02 Å². The molecule has 2 aromatic rings. The Hall–Kier alpha value is -3.94. The molecule has 0 spiro atoms. The van der Waals surface area contributed by atoms with E-state index in [4.69, 9.17) is 16.3 Å². The van der Waals surface area contributed by atoms with Gasteiger partial charge >= 0.3 is 12.5 Å². The second kappa shape index (κ2) is 13.2. The predicted molar refractivity (Wildman–Crippen MR) is 122 cm³/mol. The maximum atomic E-state index is 12.6. The van der Waals surface area contributed by atoms with E-state index in [1.165, 1.54) is 25.5 Å². The van der Waals surface area contributed by atoms with Crippen LogP contribution in [0.15, 0.2) is 61.1 Å². The number of carbonyl (C=O) groups excluding carboxylic acids is 1. The van der Waals surface area contributed by atoms with Crippen molar-refractivity contribution in [1.29, 1.82) is 0 Å². The molecule has 1 amide bonds. The van der Waals surface area contributed by atoms with Crippen molar-refractivity contribution in [1.82, 2.24) is 15.3 Å². The van der Waals surface area contributed by atoms with Crippen LogP contribution in [0.1, 0.15) is 0 Å². The number of aromatic nitrogens is 2. The topological polar surface area (TPSA) is 97.4 Å². The maximum Gasteiger partial charge on any atom is 0.573 e. The molecule has 0 saturated heterocycles. The molecule has 0 aliphatic carbocycles. The number of nitrogens with zero attached hydrogens (tertiary/aromatic N) is 2. The van der Waals surface area contributed by atoms with Crippen molar-refractivity contribution >= 4 is 29.5 Å². The third kappa shape index (κ3) is 10.1. The summed E-state index contributed by atoms with van der Waals surface area (Å²) in [6.07, 6.45) is -6.14. The van der Waals surface area contributed by atoms with Crippen LogP contribution >= 0.6 is 11.6 Å². The van der Waals surface area contributed by atoms with Crippen molar-refractivity contribution in [2.24, 2.45) is 0 Å². The number of allylic oxidation sites excluding steroid dienone is 3. The summed E-state index contributed by atoms with van der Waals surface area (Å²) in [6.45, 7) is 6.01. The summed E-state index contributed by atoms with van der Waals surface area (Å²) in [6, 6.07) is 3.93. The van der Waals surface area contributed by atoms with E-state index in [9.17, 15) is 31.1 Å². The van der Waals surface area contributed by atoms with Gasteiger partial charge in [-0.25, -0.2) is 9.97 Å². The van der Waals surface area contributed by atoms with E-state index in [1.54, 1.807) is 7.05 Å². The number of anilines is 2. The van der Waals surface area contributed by atoms with Gasteiger partial charge in [0.05, 0.1) is 10.6 Å². The highest BCUT2D eigenvalue weighted by atomic mass is 35.5. The Kier molecular flexibility index (Phi) is 11.1. The molecule has 0 unspecified atom stereocenters. The molecule has 36 heavy (non-hydrogen) atoms. The van der Waals surface area contributed by atoms with E-state index in [0.29, 0.717) is 17.6 Å². The summed E-state index contributed by atoms with van der Waals surface area (Å²) in [5.41, 5.74) is -0.755. The molecule has 15 heteroatoms. The van der Waals surface area contributed by atoms with Crippen LogP contribution in [0.3, 0.4) is 0 Å². The average molecular weight is 540 g/mol. The predicted octanol–water partition coefficient (Wildman–Crippen LogP) is 5.83. The average Bonchev–Trinajstić information content (AvgIpc) is 2.79. The Labute approximate surface area is 206 Å². The minimum Gasteiger partial charge on any atom is -0.433 e.